The van der Waals surface area contributed by atoms with Crippen LogP contribution in [0.3, 0.4) is 0 Å². The molecule has 3 aromatic carbocycles. The second-order valence-corrected chi connectivity index (χ2v) is 11.1. The minimum Gasteiger partial charge on any atom is -0.496 e. The molecule has 5 rings (SSSR count). The van der Waals surface area contributed by atoms with Gasteiger partial charge in [-0.3, -0.25) is 4.79 Å². The number of methoxy groups -OCH3 is 1. The molecule has 5 aromatic rings. The van der Waals surface area contributed by atoms with E-state index in [1.807, 2.05) is 31.2 Å². The number of aromatic nitrogens is 2. The monoisotopic (exact) mass is 711 g/mol. The Bertz CT molecular complexity index is 1910. The van der Waals surface area contributed by atoms with Crippen LogP contribution in [0.2, 0.25) is 0 Å². The Balaban J connectivity index is 1.61. The van der Waals surface area contributed by atoms with Crippen LogP contribution in [-0.4, -0.2) is 48.3 Å². The summed E-state index contributed by atoms with van der Waals surface area (Å²) >= 11 is 7.11. The van der Waals surface area contributed by atoms with Gasteiger partial charge in [0, 0.05) is 10.0 Å². The first-order valence-electron chi connectivity index (χ1n) is 13.3. The molecule has 0 bridgehead atoms. The third kappa shape index (κ3) is 6.30. The minimum atomic E-state index is -0.509. The summed E-state index contributed by atoms with van der Waals surface area (Å²) < 4.78 is 30.6. The van der Waals surface area contributed by atoms with Gasteiger partial charge in [-0.2, -0.15) is 9.78 Å². The molecule has 12 heteroatoms. The number of fused-ring (bicyclic) bond motifs is 2. The third-order valence-corrected chi connectivity index (χ3v) is 8.33. The first-order chi connectivity index (χ1) is 20.7. The maximum Gasteiger partial charge on any atom is 0.344 e. The van der Waals surface area contributed by atoms with Crippen LogP contribution in [-0.2, 0) is 9.53 Å². The topological polar surface area (TPSA) is 114 Å². The lowest BCUT2D eigenvalue weighted by atomic mass is 10.2. The quantitative estimate of drug-likeness (QED) is 0.113. The van der Waals surface area contributed by atoms with Crippen LogP contribution < -0.4 is 19.8 Å². The van der Waals surface area contributed by atoms with Crippen LogP contribution in [0.5, 0.6) is 17.2 Å². The number of furan rings is 1. The number of benzene rings is 3. The molecule has 0 saturated heterocycles. The van der Waals surface area contributed by atoms with Crippen molar-refractivity contribution in [1.82, 2.24) is 9.66 Å². The van der Waals surface area contributed by atoms with Crippen molar-refractivity contribution in [2.24, 2.45) is 5.10 Å². The molecule has 0 radical (unpaired) electrons. The maximum atomic E-state index is 13.7. The summed E-state index contributed by atoms with van der Waals surface area (Å²) in [6.45, 7) is 5.38. The van der Waals surface area contributed by atoms with Gasteiger partial charge in [-0.05, 0) is 89.0 Å². The maximum absolute atomic E-state index is 13.7. The van der Waals surface area contributed by atoms with Crippen LogP contribution >= 0.6 is 31.9 Å². The molecule has 0 saturated carbocycles. The molecule has 0 aliphatic heterocycles. The van der Waals surface area contributed by atoms with Crippen LogP contribution in [0.1, 0.15) is 26.3 Å². The van der Waals surface area contributed by atoms with E-state index in [2.05, 4.69) is 37.0 Å². The van der Waals surface area contributed by atoms with E-state index in [-0.39, 0.29) is 24.1 Å². The molecule has 2 heterocycles. The fourth-order valence-corrected chi connectivity index (χ4v) is 5.29. The Labute approximate surface area is 263 Å². The Morgan fingerprint density at radius 3 is 2.58 bits per heavy atom. The highest BCUT2D eigenvalue weighted by atomic mass is 79.9. The van der Waals surface area contributed by atoms with Gasteiger partial charge in [-0.1, -0.05) is 18.2 Å². The van der Waals surface area contributed by atoms with Gasteiger partial charge in [0.05, 0.1) is 46.8 Å². The summed E-state index contributed by atoms with van der Waals surface area (Å²) in [7, 11) is 1.58. The Kier molecular flexibility index (Phi) is 9.16. The van der Waals surface area contributed by atoms with E-state index in [9.17, 15) is 9.59 Å². The second-order valence-electron chi connectivity index (χ2n) is 9.48. The Morgan fingerprint density at radius 1 is 1.05 bits per heavy atom. The van der Waals surface area contributed by atoms with E-state index in [1.54, 1.807) is 51.3 Å². The SMILES string of the molecule is CCOc1cc(C=Nn2c(-c3cc4c(OC)cccc4o3)nc3ccccc3c2=O)c(Br)c(Br)c1OCC(=O)OC(C)C. The van der Waals surface area contributed by atoms with Crippen molar-refractivity contribution in [3.8, 4) is 28.8 Å². The number of hydrogen-bond acceptors (Lipinski definition) is 9. The molecule has 43 heavy (non-hydrogen) atoms. The van der Waals surface area contributed by atoms with Crippen molar-refractivity contribution in [3.63, 3.8) is 0 Å². The molecule has 0 unspecified atom stereocenters. The van der Waals surface area contributed by atoms with Gasteiger partial charge >= 0.3 is 5.97 Å². The van der Waals surface area contributed by atoms with Gasteiger partial charge in [0.2, 0.25) is 5.82 Å². The summed E-state index contributed by atoms with van der Waals surface area (Å²) in [5, 5.41) is 5.69. The van der Waals surface area contributed by atoms with Crippen LogP contribution in [0.25, 0.3) is 33.5 Å². The van der Waals surface area contributed by atoms with Gasteiger partial charge in [0.15, 0.2) is 23.9 Å². The largest absolute Gasteiger partial charge is 0.496 e. The lowest BCUT2D eigenvalue weighted by Gasteiger charge is -2.16. The first kappa shape index (κ1) is 30.3. The fourth-order valence-electron chi connectivity index (χ4n) is 4.36. The van der Waals surface area contributed by atoms with Crippen LogP contribution in [0, 0.1) is 0 Å². The van der Waals surface area contributed by atoms with E-state index < -0.39 is 5.97 Å². The number of rotatable bonds is 10. The summed E-state index contributed by atoms with van der Waals surface area (Å²) in [6.07, 6.45) is 1.23. The molecule has 2 aromatic heterocycles. The molecular formula is C31H27Br2N3O7. The molecule has 0 amide bonds. The van der Waals surface area contributed by atoms with E-state index in [1.165, 1.54) is 10.9 Å². The van der Waals surface area contributed by atoms with Crippen molar-refractivity contribution in [2.75, 3.05) is 20.3 Å². The van der Waals surface area contributed by atoms with E-state index in [0.717, 1.165) is 5.39 Å². The zero-order valence-electron chi connectivity index (χ0n) is 23.7. The van der Waals surface area contributed by atoms with E-state index >= 15 is 0 Å². The minimum absolute atomic E-state index is 0.210. The third-order valence-electron chi connectivity index (χ3n) is 6.19. The number of ether oxygens (including phenoxy) is 4. The number of halogens is 2. The van der Waals surface area contributed by atoms with Crippen molar-refractivity contribution < 1.29 is 28.2 Å². The van der Waals surface area contributed by atoms with E-state index in [0.29, 0.717) is 60.6 Å². The first-order valence-corrected chi connectivity index (χ1v) is 14.9. The van der Waals surface area contributed by atoms with Crippen LogP contribution in [0.15, 0.2) is 77.9 Å². The molecular weight excluding hydrogens is 686 g/mol. The molecule has 222 valence electrons. The van der Waals surface area contributed by atoms with Gasteiger partial charge in [0.25, 0.3) is 5.56 Å². The molecule has 0 N–H and O–H groups in total. The molecule has 0 atom stereocenters. The fraction of sp³-hybridized carbons (Fsp3) is 0.226. The summed E-state index contributed by atoms with van der Waals surface area (Å²) in [4.78, 5) is 30.5. The van der Waals surface area contributed by atoms with Crippen LogP contribution in [0.4, 0.5) is 0 Å². The summed E-state index contributed by atoms with van der Waals surface area (Å²) in [6, 6.07) is 15.9. The molecule has 0 aliphatic rings. The van der Waals surface area contributed by atoms with Crippen molar-refractivity contribution in [1.29, 1.82) is 0 Å². The van der Waals surface area contributed by atoms with Gasteiger partial charge in [0.1, 0.15) is 11.3 Å². The highest BCUT2D eigenvalue weighted by Gasteiger charge is 2.21. The summed E-state index contributed by atoms with van der Waals surface area (Å²) in [5.74, 6) is 1.35. The van der Waals surface area contributed by atoms with Gasteiger partial charge in [-0.15, -0.1) is 0 Å². The van der Waals surface area contributed by atoms with Gasteiger partial charge < -0.3 is 23.4 Å². The number of hydrogen-bond donors (Lipinski definition) is 0. The predicted molar refractivity (Wildman–Crippen MR) is 170 cm³/mol. The molecule has 0 fully saturated rings. The van der Waals surface area contributed by atoms with Crippen molar-refractivity contribution >= 4 is 65.9 Å². The number of carbonyl (C=O) groups is 1. The molecule has 0 spiro atoms. The van der Waals surface area contributed by atoms with Crippen molar-refractivity contribution in [3.05, 3.63) is 79.5 Å². The zero-order valence-corrected chi connectivity index (χ0v) is 26.9. The molecule has 10 nitrogen and oxygen atoms in total. The number of nitrogens with zero attached hydrogens (tertiary/aromatic N) is 3. The normalized spacial score (nSPS) is 11.5. The lowest BCUT2D eigenvalue weighted by Crippen LogP contribution is -2.20. The standard InChI is InChI=1S/C31H27Br2N3O7/c1-5-40-24-13-18(27(32)28(33)29(24)41-16-26(37)42-17(2)3)15-34-36-30(35-21-10-7-6-9-19(21)31(36)38)25-14-20-22(39-4)11-8-12-23(20)43-25/h6-15,17H,5,16H2,1-4H3. The second kappa shape index (κ2) is 13.0. The lowest BCUT2D eigenvalue weighted by molar-refractivity contribution is -0.149. The predicted octanol–water partition coefficient (Wildman–Crippen LogP) is 6.95. The average molecular weight is 713 g/mol. The number of para-hydroxylation sites is 1. The average Bonchev–Trinajstić information content (AvgIpc) is 3.43. The summed E-state index contributed by atoms with van der Waals surface area (Å²) in [5.41, 5.74) is 1.26. The number of carbonyl (C=O) groups excluding carboxylic acids is 1. The molecule has 0 aliphatic carbocycles. The Hall–Kier alpha value is -4.16. The van der Waals surface area contributed by atoms with Crippen molar-refractivity contribution in [2.45, 2.75) is 26.9 Å². The zero-order chi connectivity index (χ0) is 30.7. The smallest absolute Gasteiger partial charge is 0.344 e. The number of esters is 1. The Morgan fingerprint density at radius 2 is 1.84 bits per heavy atom. The highest BCUT2D eigenvalue weighted by molar-refractivity contribution is 9.13. The van der Waals surface area contributed by atoms with E-state index in [4.69, 9.17) is 28.3 Å². The van der Waals surface area contributed by atoms with Gasteiger partial charge in [-0.25, -0.2) is 9.78 Å². The highest BCUT2D eigenvalue weighted by Crippen LogP contribution is 2.42.